The molecule has 3 aliphatic rings. The first-order chi connectivity index (χ1) is 18.7. The van der Waals surface area contributed by atoms with E-state index in [1.165, 1.54) is 35.1 Å². The number of likely N-dealkylation sites (tertiary alicyclic amines) is 1. The highest BCUT2D eigenvalue weighted by atomic mass is 19.2. The van der Waals surface area contributed by atoms with Crippen molar-refractivity contribution in [1.29, 1.82) is 0 Å². The number of rotatable bonds is 6. The lowest BCUT2D eigenvalue weighted by molar-refractivity contribution is 0.286. The van der Waals surface area contributed by atoms with Crippen LogP contribution in [0, 0.1) is 17.5 Å². The molecule has 3 nitrogen and oxygen atoms in total. The van der Waals surface area contributed by atoms with Gasteiger partial charge in [0.25, 0.3) is 0 Å². The number of pyridine rings is 1. The summed E-state index contributed by atoms with van der Waals surface area (Å²) in [6.45, 7) is 13.5. The highest BCUT2D eigenvalue weighted by Gasteiger charge is 2.36. The van der Waals surface area contributed by atoms with Crippen molar-refractivity contribution < 1.29 is 13.2 Å². The second kappa shape index (κ2) is 10.0. The van der Waals surface area contributed by atoms with Gasteiger partial charge in [-0.25, -0.2) is 18.2 Å². The normalized spacial score (nSPS) is 22.4. The highest BCUT2D eigenvalue weighted by Crippen LogP contribution is 2.43. The van der Waals surface area contributed by atoms with Crippen LogP contribution in [0.25, 0.3) is 11.1 Å². The molecule has 204 valence electrons. The van der Waals surface area contributed by atoms with Crippen LogP contribution >= 0.6 is 0 Å². The third-order valence-electron chi connectivity index (χ3n) is 9.24. The molecule has 2 aliphatic heterocycles. The minimum absolute atomic E-state index is 0.0743. The van der Waals surface area contributed by atoms with Gasteiger partial charge in [0.15, 0.2) is 17.5 Å². The van der Waals surface area contributed by atoms with Gasteiger partial charge in [-0.3, -0.25) is 0 Å². The van der Waals surface area contributed by atoms with Crippen LogP contribution in [0.4, 0.5) is 19.0 Å². The average molecular weight is 532 g/mol. The molecular weight excluding hydrogens is 495 g/mol. The van der Waals surface area contributed by atoms with E-state index < -0.39 is 17.5 Å². The molecule has 3 atom stereocenters. The predicted octanol–water partition coefficient (Wildman–Crippen LogP) is 7.88. The van der Waals surface area contributed by atoms with E-state index in [9.17, 15) is 13.2 Å². The number of anilines is 1. The molecule has 0 bridgehead atoms. The van der Waals surface area contributed by atoms with Gasteiger partial charge in [0.05, 0.1) is 12.2 Å². The van der Waals surface area contributed by atoms with Gasteiger partial charge in [0.1, 0.15) is 5.82 Å². The summed E-state index contributed by atoms with van der Waals surface area (Å²) in [6, 6.07) is 11.3. The van der Waals surface area contributed by atoms with Gasteiger partial charge in [-0.15, -0.1) is 0 Å². The van der Waals surface area contributed by atoms with Crippen molar-refractivity contribution in [3.63, 3.8) is 0 Å². The Labute approximate surface area is 229 Å². The molecule has 6 heteroatoms. The van der Waals surface area contributed by atoms with Gasteiger partial charge in [-0.2, -0.15) is 0 Å². The third-order valence-corrected chi connectivity index (χ3v) is 9.24. The van der Waals surface area contributed by atoms with Crippen LogP contribution in [-0.4, -0.2) is 29.0 Å². The molecule has 2 saturated heterocycles. The number of aromatic nitrogens is 1. The van der Waals surface area contributed by atoms with E-state index in [-0.39, 0.29) is 12.0 Å². The largest absolute Gasteiger partial charge is 0.366 e. The maximum absolute atomic E-state index is 14.1. The van der Waals surface area contributed by atoms with E-state index in [0.29, 0.717) is 24.4 Å². The lowest BCUT2D eigenvalue weighted by Gasteiger charge is -2.33. The molecule has 0 amide bonds. The second-order valence-corrected chi connectivity index (χ2v) is 11.5. The van der Waals surface area contributed by atoms with Crippen LogP contribution < -0.4 is 4.90 Å². The zero-order valence-electron chi connectivity index (χ0n) is 23.0. The zero-order valence-corrected chi connectivity index (χ0v) is 23.0. The van der Waals surface area contributed by atoms with E-state index >= 15 is 0 Å². The summed E-state index contributed by atoms with van der Waals surface area (Å²) in [6.07, 6.45) is 5.01. The van der Waals surface area contributed by atoms with E-state index in [0.717, 1.165) is 60.8 Å². The molecule has 3 heterocycles. The van der Waals surface area contributed by atoms with Crippen molar-refractivity contribution in [2.75, 3.05) is 18.0 Å². The Morgan fingerprint density at radius 2 is 1.74 bits per heavy atom. The molecule has 1 aliphatic carbocycles. The third kappa shape index (κ3) is 4.52. The summed E-state index contributed by atoms with van der Waals surface area (Å²) in [7, 11) is 0. The molecule has 2 fully saturated rings. The second-order valence-electron chi connectivity index (χ2n) is 11.5. The number of hydrogen-bond acceptors (Lipinski definition) is 3. The lowest BCUT2D eigenvalue weighted by atomic mass is 9.90. The quantitative estimate of drug-likeness (QED) is 0.302. The van der Waals surface area contributed by atoms with Crippen LogP contribution in [0.15, 0.2) is 48.7 Å². The first kappa shape index (κ1) is 26.0. The average Bonchev–Trinajstić information content (AvgIpc) is 3.39. The summed E-state index contributed by atoms with van der Waals surface area (Å²) >= 11 is 0. The molecular formula is C33H36F3N3. The zero-order chi connectivity index (χ0) is 27.4. The van der Waals surface area contributed by atoms with Gasteiger partial charge in [-0.05, 0) is 97.0 Å². The summed E-state index contributed by atoms with van der Waals surface area (Å²) in [4.78, 5) is 9.71. The van der Waals surface area contributed by atoms with Crippen molar-refractivity contribution in [3.8, 4) is 11.1 Å². The fourth-order valence-corrected chi connectivity index (χ4v) is 6.68. The molecule has 0 radical (unpaired) electrons. The Morgan fingerprint density at radius 1 is 1.00 bits per heavy atom. The fourth-order valence-electron chi connectivity index (χ4n) is 6.68. The number of allylic oxidation sites excluding steroid dienone is 1. The van der Waals surface area contributed by atoms with E-state index in [1.54, 1.807) is 0 Å². The smallest absolute Gasteiger partial charge is 0.194 e. The molecule has 0 N–H and O–H groups in total. The fraction of sp³-hybridized carbons (Fsp3) is 0.424. The van der Waals surface area contributed by atoms with E-state index in [2.05, 4.69) is 61.4 Å². The SMILES string of the molecule is C=C1CC(c2cc(F)c(F)c(F)c2)C(C)N1Cc1nc(N2CCC2)ccc1-c1cc2c(cc1CC)CCC2C. The van der Waals surface area contributed by atoms with Gasteiger partial charge in [-0.1, -0.05) is 32.6 Å². The molecule has 0 saturated carbocycles. The van der Waals surface area contributed by atoms with Crippen molar-refractivity contribution in [2.24, 2.45) is 0 Å². The monoisotopic (exact) mass is 531 g/mol. The molecule has 3 unspecified atom stereocenters. The van der Waals surface area contributed by atoms with Crippen molar-refractivity contribution in [3.05, 3.63) is 94.1 Å². The van der Waals surface area contributed by atoms with E-state index in [1.807, 2.05) is 0 Å². The topological polar surface area (TPSA) is 19.4 Å². The molecule has 3 aromatic rings. The summed E-state index contributed by atoms with van der Waals surface area (Å²) in [5.41, 5.74) is 9.00. The highest BCUT2D eigenvalue weighted by molar-refractivity contribution is 5.73. The Kier molecular flexibility index (Phi) is 6.68. The number of nitrogens with zero attached hydrogens (tertiary/aromatic N) is 3. The summed E-state index contributed by atoms with van der Waals surface area (Å²) in [5, 5.41) is 0. The van der Waals surface area contributed by atoms with Crippen LogP contribution in [-0.2, 0) is 19.4 Å². The molecule has 6 rings (SSSR count). The Hall–Kier alpha value is -3.28. The van der Waals surface area contributed by atoms with Gasteiger partial charge >= 0.3 is 0 Å². The molecule has 2 aromatic carbocycles. The maximum atomic E-state index is 14.1. The number of aryl methyl sites for hydroxylation is 2. The Morgan fingerprint density at radius 3 is 2.41 bits per heavy atom. The van der Waals surface area contributed by atoms with Crippen LogP contribution in [0.1, 0.15) is 79.8 Å². The number of hydrogen-bond donors (Lipinski definition) is 0. The van der Waals surface area contributed by atoms with Crippen molar-refractivity contribution in [2.45, 2.75) is 77.3 Å². The summed E-state index contributed by atoms with van der Waals surface area (Å²) < 4.78 is 41.8. The van der Waals surface area contributed by atoms with Gasteiger partial charge in [0.2, 0.25) is 0 Å². The molecule has 1 aromatic heterocycles. The standard InChI is InChI=1S/C33H36F3N3/c1-5-22-14-23-8-7-19(2)26(23)17-28(22)25-9-10-32(38-11-6-12-38)37-31(25)18-39-20(3)13-27(21(39)4)24-15-29(34)33(36)30(35)16-24/h9-10,14-17,19,21,27H,3,5-8,11-13,18H2,1-2,4H3. The predicted molar refractivity (Wildman–Crippen MR) is 150 cm³/mol. The van der Waals surface area contributed by atoms with Crippen molar-refractivity contribution >= 4 is 5.82 Å². The van der Waals surface area contributed by atoms with Crippen LogP contribution in [0.5, 0.6) is 0 Å². The van der Waals surface area contributed by atoms with Crippen LogP contribution in [0.3, 0.4) is 0 Å². The Bertz CT molecular complexity index is 1420. The Balaban J connectivity index is 1.39. The number of benzene rings is 2. The minimum atomic E-state index is -1.42. The maximum Gasteiger partial charge on any atom is 0.194 e. The first-order valence-electron chi connectivity index (χ1n) is 14.2. The molecule has 0 spiro atoms. The first-order valence-corrected chi connectivity index (χ1v) is 14.2. The van der Waals surface area contributed by atoms with Crippen LogP contribution in [0.2, 0.25) is 0 Å². The van der Waals surface area contributed by atoms with Gasteiger partial charge < -0.3 is 9.80 Å². The number of halogens is 3. The lowest BCUT2D eigenvalue weighted by Crippen LogP contribution is -2.38. The van der Waals surface area contributed by atoms with Gasteiger partial charge in [0, 0.05) is 36.3 Å². The number of fused-ring (bicyclic) bond motifs is 1. The van der Waals surface area contributed by atoms with Crippen molar-refractivity contribution in [1.82, 2.24) is 9.88 Å². The summed E-state index contributed by atoms with van der Waals surface area (Å²) in [5.74, 6) is -2.36. The van der Waals surface area contributed by atoms with E-state index in [4.69, 9.17) is 4.98 Å². The minimum Gasteiger partial charge on any atom is -0.366 e. The molecule has 39 heavy (non-hydrogen) atoms.